The van der Waals surface area contributed by atoms with Gasteiger partial charge in [-0.3, -0.25) is 9.69 Å². The van der Waals surface area contributed by atoms with Crippen LogP contribution in [0.15, 0.2) is 53.1 Å². The quantitative estimate of drug-likeness (QED) is 0.670. The number of anilines is 1. The first-order valence-corrected chi connectivity index (χ1v) is 9.83. The van der Waals surface area contributed by atoms with Gasteiger partial charge < -0.3 is 9.84 Å². The highest BCUT2D eigenvalue weighted by molar-refractivity contribution is 6.33. The molecule has 8 heteroatoms. The molecule has 29 heavy (non-hydrogen) atoms. The van der Waals surface area contributed by atoms with Gasteiger partial charge in [0.1, 0.15) is 5.82 Å². The molecular weight excluding hydrogens is 395 g/mol. The van der Waals surface area contributed by atoms with E-state index in [0.29, 0.717) is 36.1 Å². The lowest BCUT2D eigenvalue weighted by Gasteiger charge is -2.30. The number of hydrogen-bond acceptors (Lipinski definition) is 5. The molecule has 1 aliphatic rings. The van der Waals surface area contributed by atoms with E-state index in [4.69, 9.17) is 16.1 Å². The topological polar surface area (TPSA) is 71.3 Å². The van der Waals surface area contributed by atoms with Gasteiger partial charge in [-0.1, -0.05) is 41.0 Å². The Morgan fingerprint density at radius 3 is 2.66 bits per heavy atom. The van der Waals surface area contributed by atoms with Crippen molar-refractivity contribution in [3.8, 4) is 11.4 Å². The lowest BCUT2D eigenvalue weighted by atomic mass is 9.96. The van der Waals surface area contributed by atoms with Gasteiger partial charge in [0.05, 0.1) is 17.3 Å². The van der Waals surface area contributed by atoms with Crippen molar-refractivity contribution in [3.05, 3.63) is 65.3 Å². The summed E-state index contributed by atoms with van der Waals surface area (Å²) in [5, 5.41) is 7.27. The summed E-state index contributed by atoms with van der Waals surface area (Å²) in [5.74, 6) is 0.253. The Morgan fingerprint density at radius 1 is 1.17 bits per heavy atom. The van der Waals surface area contributed by atoms with Gasteiger partial charge in [0.2, 0.25) is 17.6 Å². The van der Waals surface area contributed by atoms with Crippen LogP contribution in [0.5, 0.6) is 0 Å². The van der Waals surface area contributed by atoms with Crippen LogP contribution in [0.25, 0.3) is 11.4 Å². The van der Waals surface area contributed by atoms with Gasteiger partial charge in [0.15, 0.2) is 0 Å². The minimum absolute atomic E-state index is 0.145. The SMILES string of the molecule is O=C(Nc1ccccc1F)C1CCN(Cc2nc(-c3ccccc3Cl)no2)CC1. The zero-order chi connectivity index (χ0) is 20.2. The number of nitrogens with zero attached hydrogens (tertiary/aromatic N) is 3. The van der Waals surface area contributed by atoms with Crippen LogP contribution in [-0.4, -0.2) is 34.0 Å². The number of halogens is 2. The lowest BCUT2D eigenvalue weighted by molar-refractivity contribution is -0.121. The van der Waals surface area contributed by atoms with E-state index >= 15 is 0 Å². The molecule has 2 aromatic carbocycles. The van der Waals surface area contributed by atoms with Crippen molar-refractivity contribution in [1.82, 2.24) is 15.0 Å². The van der Waals surface area contributed by atoms with Crippen molar-refractivity contribution in [1.29, 1.82) is 0 Å². The predicted octanol–water partition coefficient (Wildman–Crippen LogP) is 4.38. The number of benzene rings is 2. The van der Waals surface area contributed by atoms with Crippen molar-refractivity contribution in [2.24, 2.45) is 5.92 Å². The van der Waals surface area contributed by atoms with E-state index in [9.17, 15) is 9.18 Å². The first kappa shape index (κ1) is 19.5. The first-order chi connectivity index (χ1) is 14.1. The molecule has 1 aliphatic heterocycles. The Balaban J connectivity index is 1.31. The van der Waals surface area contributed by atoms with Crippen LogP contribution >= 0.6 is 11.6 Å². The third-order valence-electron chi connectivity index (χ3n) is 5.03. The average molecular weight is 415 g/mol. The number of carbonyl (C=O) groups excluding carboxylic acids is 1. The minimum Gasteiger partial charge on any atom is -0.338 e. The van der Waals surface area contributed by atoms with Crippen molar-refractivity contribution in [3.63, 3.8) is 0 Å². The Bertz CT molecular complexity index is 1000. The van der Waals surface area contributed by atoms with E-state index in [2.05, 4.69) is 20.4 Å². The molecule has 3 aromatic rings. The van der Waals surface area contributed by atoms with Crippen LogP contribution in [0, 0.1) is 11.7 Å². The summed E-state index contributed by atoms with van der Waals surface area (Å²) in [5.41, 5.74) is 0.950. The van der Waals surface area contributed by atoms with Crippen LogP contribution < -0.4 is 5.32 Å². The largest absolute Gasteiger partial charge is 0.338 e. The molecule has 0 spiro atoms. The Kier molecular flexibility index (Phi) is 5.87. The molecule has 150 valence electrons. The first-order valence-electron chi connectivity index (χ1n) is 9.45. The molecule has 2 heterocycles. The van der Waals surface area contributed by atoms with Crippen LogP contribution in [-0.2, 0) is 11.3 Å². The molecule has 1 saturated heterocycles. The van der Waals surface area contributed by atoms with E-state index < -0.39 is 5.82 Å². The highest BCUT2D eigenvalue weighted by Crippen LogP contribution is 2.26. The third-order valence-corrected chi connectivity index (χ3v) is 5.36. The maximum absolute atomic E-state index is 13.7. The Labute approximate surface area is 172 Å². The van der Waals surface area contributed by atoms with Crippen LogP contribution in [0.4, 0.5) is 10.1 Å². The number of hydrogen-bond donors (Lipinski definition) is 1. The highest BCUT2D eigenvalue weighted by Gasteiger charge is 2.26. The number of nitrogens with one attached hydrogen (secondary N) is 1. The number of amides is 1. The fourth-order valence-electron chi connectivity index (χ4n) is 3.41. The van der Waals surface area contributed by atoms with E-state index in [1.54, 1.807) is 24.3 Å². The summed E-state index contributed by atoms with van der Waals surface area (Å²) in [4.78, 5) is 19.0. The Hall–Kier alpha value is -2.77. The normalized spacial score (nSPS) is 15.4. The van der Waals surface area contributed by atoms with E-state index in [0.717, 1.165) is 18.7 Å². The van der Waals surface area contributed by atoms with Gasteiger partial charge in [0.25, 0.3) is 0 Å². The smallest absolute Gasteiger partial charge is 0.241 e. The third kappa shape index (κ3) is 4.63. The van der Waals surface area contributed by atoms with Gasteiger partial charge in [-0.25, -0.2) is 4.39 Å². The van der Waals surface area contributed by atoms with Crippen molar-refractivity contribution in [2.75, 3.05) is 18.4 Å². The summed E-state index contributed by atoms with van der Waals surface area (Å²) < 4.78 is 19.1. The molecule has 0 aliphatic carbocycles. The molecule has 4 rings (SSSR count). The van der Waals surface area contributed by atoms with E-state index in [-0.39, 0.29) is 17.5 Å². The minimum atomic E-state index is -0.427. The van der Waals surface area contributed by atoms with Crippen molar-refractivity contribution >= 4 is 23.2 Å². The van der Waals surface area contributed by atoms with Crippen molar-refractivity contribution < 1.29 is 13.7 Å². The molecule has 0 unspecified atom stereocenters. The van der Waals surface area contributed by atoms with Crippen LogP contribution in [0.2, 0.25) is 5.02 Å². The van der Waals surface area contributed by atoms with Gasteiger partial charge in [0, 0.05) is 11.5 Å². The molecule has 1 N–H and O–H groups in total. The maximum atomic E-state index is 13.7. The summed E-state index contributed by atoms with van der Waals surface area (Å²) in [6.45, 7) is 1.96. The van der Waals surface area contributed by atoms with Crippen molar-refractivity contribution in [2.45, 2.75) is 19.4 Å². The zero-order valence-corrected chi connectivity index (χ0v) is 16.4. The number of carbonyl (C=O) groups is 1. The lowest BCUT2D eigenvalue weighted by Crippen LogP contribution is -2.37. The molecule has 1 aromatic heterocycles. The second kappa shape index (κ2) is 8.71. The Morgan fingerprint density at radius 2 is 1.90 bits per heavy atom. The monoisotopic (exact) mass is 414 g/mol. The molecule has 0 radical (unpaired) electrons. The van der Waals surface area contributed by atoms with E-state index in [1.807, 2.05) is 18.2 Å². The molecule has 0 atom stereocenters. The van der Waals surface area contributed by atoms with Gasteiger partial charge in [-0.2, -0.15) is 4.98 Å². The highest BCUT2D eigenvalue weighted by atomic mass is 35.5. The van der Waals surface area contributed by atoms with Gasteiger partial charge >= 0.3 is 0 Å². The molecule has 0 bridgehead atoms. The number of piperidine rings is 1. The standard InChI is InChI=1S/C21H20ClFN4O2/c22-16-6-2-1-5-15(16)20-25-19(29-26-20)13-27-11-9-14(10-12-27)21(28)24-18-8-4-3-7-17(18)23/h1-8,14H,9-13H2,(H,24,28). The summed E-state index contributed by atoms with van der Waals surface area (Å²) in [6, 6.07) is 13.5. The number of aromatic nitrogens is 2. The summed E-state index contributed by atoms with van der Waals surface area (Å²) >= 11 is 6.18. The zero-order valence-electron chi connectivity index (χ0n) is 15.6. The second-order valence-corrected chi connectivity index (χ2v) is 7.42. The molecular formula is C21H20ClFN4O2. The van der Waals surface area contributed by atoms with Crippen LogP contribution in [0.3, 0.4) is 0 Å². The maximum Gasteiger partial charge on any atom is 0.241 e. The summed E-state index contributed by atoms with van der Waals surface area (Å²) in [7, 11) is 0. The number of rotatable bonds is 5. The summed E-state index contributed by atoms with van der Waals surface area (Å²) in [6.07, 6.45) is 1.37. The average Bonchev–Trinajstić information content (AvgIpc) is 3.19. The molecule has 1 fully saturated rings. The molecule has 6 nitrogen and oxygen atoms in total. The predicted molar refractivity (Wildman–Crippen MR) is 108 cm³/mol. The second-order valence-electron chi connectivity index (χ2n) is 7.01. The van der Waals surface area contributed by atoms with Gasteiger partial charge in [-0.05, 0) is 50.2 Å². The fourth-order valence-corrected chi connectivity index (χ4v) is 3.63. The number of likely N-dealkylation sites (tertiary alicyclic amines) is 1. The molecule has 0 saturated carbocycles. The number of para-hydroxylation sites is 1. The molecule has 1 amide bonds. The fraction of sp³-hybridized carbons (Fsp3) is 0.286. The van der Waals surface area contributed by atoms with Gasteiger partial charge in [-0.15, -0.1) is 0 Å². The van der Waals surface area contributed by atoms with Crippen LogP contribution in [0.1, 0.15) is 18.7 Å². The van der Waals surface area contributed by atoms with E-state index in [1.165, 1.54) is 6.07 Å².